The molecule has 0 saturated carbocycles. The van der Waals surface area contributed by atoms with E-state index in [0.717, 1.165) is 0 Å². The minimum Gasteiger partial charge on any atom is -0.503 e. The molecular formula is C20H20BrClN2O4S2. The summed E-state index contributed by atoms with van der Waals surface area (Å²) in [7, 11) is 0. The van der Waals surface area contributed by atoms with Crippen molar-refractivity contribution in [3.8, 4) is 17.2 Å². The largest absolute Gasteiger partial charge is 0.503 e. The van der Waals surface area contributed by atoms with Crippen LogP contribution in [0.25, 0.3) is 0 Å². The summed E-state index contributed by atoms with van der Waals surface area (Å²) in [5, 5.41) is 14.0. The Morgan fingerprint density at radius 2 is 2.03 bits per heavy atom. The van der Waals surface area contributed by atoms with Gasteiger partial charge in [-0.1, -0.05) is 23.7 Å². The van der Waals surface area contributed by atoms with Crippen LogP contribution < -0.4 is 14.9 Å². The van der Waals surface area contributed by atoms with Crippen molar-refractivity contribution in [2.24, 2.45) is 5.10 Å². The number of benzene rings is 2. The molecule has 2 N–H and O–H groups in total. The molecule has 30 heavy (non-hydrogen) atoms. The Morgan fingerprint density at radius 3 is 2.70 bits per heavy atom. The van der Waals surface area contributed by atoms with Gasteiger partial charge in [-0.15, -0.1) is 23.5 Å². The summed E-state index contributed by atoms with van der Waals surface area (Å²) in [5.74, 6) is 2.65. The van der Waals surface area contributed by atoms with Gasteiger partial charge in [0.2, 0.25) is 0 Å². The number of carbonyl (C=O) groups is 1. The van der Waals surface area contributed by atoms with E-state index in [1.165, 1.54) is 23.3 Å². The predicted molar refractivity (Wildman–Crippen MR) is 127 cm³/mol. The van der Waals surface area contributed by atoms with Gasteiger partial charge < -0.3 is 14.6 Å². The number of ether oxygens (including phenoxy) is 2. The van der Waals surface area contributed by atoms with Crippen molar-refractivity contribution in [1.29, 1.82) is 0 Å². The first-order valence-corrected chi connectivity index (χ1v) is 12.4. The molecule has 0 unspecified atom stereocenters. The maximum absolute atomic E-state index is 12.0. The standard InChI is InChI=1S/C20H20BrClN2O4S2/c1-2-27-15-9-13(17(21)18(22)19(15)26)10-23-24-16(25)11-28-14-5-3-12(4-6-14)20-29-7-8-30-20/h3-6,9-10,20,26H,2,7-8,11H2,1H3,(H,24,25)/b23-10-. The molecule has 1 aliphatic heterocycles. The van der Waals surface area contributed by atoms with E-state index in [1.807, 2.05) is 47.8 Å². The number of thioether (sulfide) groups is 2. The van der Waals surface area contributed by atoms with E-state index in [9.17, 15) is 9.90 Å². The second kappa shape index (κ2) is 11.2. The fourth-order valence-corrected chi connectivity index (χ4v) is 6.06. The van der Waals surface area contributed by atoms with Gasteiger partial charge in [0.15, 0.2) is 18.1 Å². The number of hydrogen-bond acceptors (Lipinski definition) is 7. The number of nitrogens with zero attached hydrogens (tertiary/aromatic N) is 1. The Kier molecular flexibility index (Phi) is 8.61. The number of nitrogens with one attached hydrogen (secondary N) is 1. The fourth-order valence-electron chi connectivity index (χ4n) is 2.60. The Balaban J connectivity index is 1.52. The second-order valence-electron chi connectivity index (χ2n) is 6.10. The van der Waals surface area contributed by atoms with E-state index >= 15 is 0 Å². The molecule has 0 aliphatic carbocycles. The van der Waals surface area contributed by atoms with Crippen LogP contribution in [-0.4, -0.2) is 41.9 Å². The van der Waals surface area contributed by atoms with Crippen LogP contribution in [0.1, 0.15) is 22.6 Å². The van der Waals surface area contributed by atoms with Gasteiger partial charge in [0.05, 0.1) is 17.4 Å². The van der Waals surface area contributed by atoms with Crippen molar-refractivity contribution in [3.63, 3.8) is 0 Å². The summed E-state index contributed by atoms with van der Waals surface area (Å²) < 4.78 is 11.8. The van der Waals surface area contributed by atoms with E-state index in [4.69, 9.17) is 21.1 Å². The van der Waals surface area contributed by atoms with Gasteiger partial charge in [0, 0.05) is 21.5 Å². The zero-order valence-electron chi connectivity index (χ0n) is 16.1. The predicted octanol–water partition coefficient (Wildman–Crippen LogP) is 5.21. The lowest BCUT2D eigenvalue weighted by Gasteiger charge is -2.11. The van der Waals surface area contributed by atoms with Crippen LogP contribution in [0.3, 0.4) is 0 Å². The second-order valence-corrected chi connectivity index (χ2v) is 9.99. The number of hydrogen-bond donors (Lipinski definition) is 2. The maximum Gasteiger partial charge on any atom is 0.277 e. The molecule has 10 heteroatoms. The maximum atomic E-state index is 12.0. The van der Waals surface area contributed by atoms with Gasteiger partial charge in [0.1, 0.15) is 10.8 Å². The third-order valence-electron chi connectivity index (χ3n) is 4.01. The Hall–Kier alpha value is -1.55. The number of halogens is 2. The third kappa shape index (κ3) is 6.00. The molecule has 1 amide bonds. The van der Waals surface area contributed by atoms with Gasteiger partial charge in [-0.05, 0) is 46.6 Å². The number of aromatic hydroxyl groups is 1. The van der Waals surface area contributed by atoms with Crippen molar-refractivity contribution in [3.05, 3.63) is 51.0 Å². The number of carbonyl (C=O) groups excluding carboxylic acids is 1. The lowest BCUT2D eigenvalue weighted by Crippen LogP contribution is -2.24. The normalized spacial score (nSPS) is 14.2. The SMILES string of the molecule is CCOc1cc(/C=N\NC(=O)COc2ccc(C3SCCS3)cc2)c(Br)c(Cl)c1O. The van der Waals surface area contributed by atoms with Crippen molar-refractivity contribution >= 4 is 63.2 Å². The third-order valence-corrected chi connectivity index (χ3v) is 8.57. The molecule has 1 saturated heterocycles. The Labute approximate surface area is 196 Å². The first kappa shape index (κ1) is 23.1. The molecule has 2 aromatic carbocycles. The summed E-state index contributed by atoms with van der Waals surface area (Å²) >= 11 is 13.3. The topological polar surface area (TPSA) is 80.2 Å². The molecule has 2 aromatic rings. The van der Waals surface area contributed by atoms with Gasteiger partial charge in [-0.2, -0.15) is 5.10 Å². The van der Waals surface area contributed by atoms with E-state index in [2.05, 4.69) is 26.5 Å². The molecule has 1 aliphatic rings. The Morgan fingerprint density at radius 1 is 1.33 bits per heavy atom. The molecule has 0 aromatic heterocycles. The molecule has 3 rings (SSSR count). The first-order chi connectivity index (χ1) is 14.5. The fraction of sp³-hybridized carbons (Fsp3) is 0.300. The highest BCUT2D eigenvalue weighted by molar-refractivity contribution is 9.10. The van der Waals surface area contributed by atoms with Crippen LogP contribution in [-0.2, 0) is 4.79 Å². The number of phenolic OH excluding ortho intramolecular Hbond substituents is 1. The minimum absolute atomic E-state index is 0.106. The molecular weight excluding hydrogens is 512 g/mol. The van der Waals surface area contributed by atoms with Crippen molar-refractivity contribution < 1.29 is 19.4 Å². The van der Waals surface area contributed by atoms with Crippen LogP contribution in [0.2, 0.25) is 5.02 Å². The molecule has 6 nitrogen and oxygen atoms in total. The smallest absolute Gasteiger partial charge is 0.277 e. The summed E-state index contributed by atoms with van der Waals surface area (Å²) in [6, 6.07) is 9.38. The van der Waals surface area contributed by atoms with Crippen molar-refractivity contribution in [2.45, 2.75) is 11.5 Å². The lowest BCUT2D eigenvalue weighted by atomic mass is 10.2. The number of rotatable bonds is 8. The summed E-state index contributed by atoms with van der Waals surface area (Å²) in [4.78, 5) is 12.0. The van der Waals surface area contributed by atoms with E-state index in [-0.39, 0.29) is 23.1 Å². The molecule has 0 radical (unpaired) electrons. The number of hydrazone groups is 1. The molecule has 0 atom stereocenters. The van der Waals surface area contributed by atoms with Gasteiger partial charge in [-0.25, -0.2) is 5.43 Å². The minimum atomic E-state index is -0.400. The molecule has 1 fully saturated rings. The van der Waals surface area contributed by atoms with Crippen LogP contribution in [0, 0.1) is 0 Å². The summed E-state index contributed by atoms with van der Waals surface area (Å²) in [6.45, 7) is 2.00. The monoisotopic (exact) mass is 530 g/mol. The van der Waals surface area contributed by atoms with Gasteiger partial charge in [-0.3, -0.25) is 4.79 Å². The lowest BCUT2D eigenvalue weighted by molar-refractivity contribution is -0.123. The average molecular weight is 532 g/mol. The molecule has 1 heterocycles. The van der Waals surface area contributed by atoms with E-state index < -0.39 is 5.91 Å². The molecule has 0 bridgehead atoms. The summed E-state index contributed by atoms with van der Waals surface area (Å²) in [5.41, 5.74) is 4.20. The zero-order chi connectivity index (χ0) is 21.5. The number of amides is 1. The highest BCUT2D eigenvalue weighted by Crippen LogP contribution is 2.45. The van der Waals surface area contributed by atoms with Gasteiger partial charge >= 0.3 is 0 Å². The number of phenols is 1. The highest BCUT2D eigenvalue weighted by atomic mass is 79.9. The van der Waals surface area contributed by atoms with Crippen LogP contribution in [0.15, 0.2) is 39.9 Å². The average Bonchev–Trinajstić information content (AvgIpc) is 3.29. The Bertz CT molecular complexity index is 922. The van der Waals surface area contributed by atoms with E-state index in [1.54, 1.807) is 13.0 Å². The zero-order valence-corrected chi connectivity index (χ0v) is 20.0. The van der Waals surface area contributed by atoms with Crippen molar-refractivity contribution in [2.75, 3.05) is 24.7 Å². The van der Waals surface area contributed by atoms with Crippen LogP contribution >= 0.6 is 51.1 Å². The quantitative estimate of drug-likeness (QED) is 0.359. The molecule has 160 valence electrons. The molecule has 0 spiro atoms. The highest BCUT2D eigenvalue weighted by Gasteiger charge is 2.18. The summed E-state index contributed by atoms with van der Waals surface area (Å²) in [6.07, 6.45) is 1.40. The van der Waals surface area contributed by atoms with Crippen LogP contribution in [0.4, 0.5) is 0 Å². The van der Waals surface area contributed by atoms with E-state index in [0.29, 0.717) is 27.0 Å². The van der Waals surface area contributed by atoms with Crippen molar-refractivity contribution in [1.82, 2.24) is 5.43 Å². The van der Waals surface area contributed by atoms with Gasteiger partial charge in [0.25, 0.3) is 5.91 Å². The van der Waals surface area contributed by atoms with Crippen LogP contribution in [0.5, 0.6) is 17.2 Å². The first-order valence-electron chi connectivity index (χ1n) is 9.11.